The third kappa shape index (κ3) is 8.54. The molecule has 4 aliphatic rings. The van der Waals surface area contributed by atoms with Gasteiger partial charge >= 0.3 is 0 Å². The van der Waals surface area contributed by atoms with E-state index in [0.29, 0.717) is 25.0 Å². The first-order chi connectivity index (χ1) is 18.3. The number of allylic oxidation sites excluding steroid dienone is 3. The van der Waals surface area contributed by atoms with Crippen LogP contribution in [0, 0.1) is 23.1 Å². The van der Waals surface area contributed by atoms with Crippen LogP contribution >= 0.6 is 0 Å². The van der Waals surface area contributed by atoms with Gasteiger partial charge in [0.1, 0.15) is 18.3 Å². The molecule has 2 aliphatic carbocycles. The standard InChI is InChI=1S/C22H27FN2O2.C8H14O.C2H6.H2/c1-14-4-6-15(7-5-14)18-19(16-8-10-17(23)11-9-16)25-20(24-18)21-26-12-22(2,3)13-27-21;9-7-8-5-3-1-2-4-6-8;1-2;/h4,6-11,14,20-21,24-25H,5,12-13H2,1-3H3;7-8H,1-6H2;1-2H3;1H. The van der Waals surface area contributed by atoms with Gasteiger partial charge in [-0.05, 0) is 60.6 Å². The van der Waals surface area contributed by atoms with Gasteiger partial charge in [-0.15, -0.1) is 0 Å². The molecule has 2 heterocycles. The smallest absolute Gasteiger partial charge is 0.196 e. The Bertz CT molecular complexity index is 972. The number of nitrogens with one attached hydrogen (secondary N) is 2. The predicted octanol–water partition coefficient (Wildman–Crippen LogP) is 7.36. The van der Waals surface area contributed by atoms with E-state index in [1.807, 2.05) is 13.8 Å². The fourth-order valence-corrected chi connectivity index (χ4v) is 4.96. The van der Waals surface area contributed by atoms with Crippen molar-refractivity contribution in [3.63, 3.8) is 0 Å². The molecule has 2 fully saturated rings. The molecule has 5 nitrogen and oxygen atoms in total. The normalized spacial score (nSPS) is 25.5. The summed E-state index contributed by atoms with van der Waals surface area (Å²) in [6.07, 6.45) is 15.7. The fourth-order valence-electron chi connectivity index (χ4n) is 4.96. The quantitative estimate of drug-likeness (QED) is 0.316. The molecule has 0 amide bonds. The molecule has 0 aromatic heterocycles. The summed E-state index contributed by atoms with van der Waals surface area (Å²) < 4.78 is 25.3. The molecule has 0 bridgehead atoms. The molecule has 1 saturated heterocycles. The van der Waals surface area contributed by atoms with Gasteiger partial charge in [0.15, 0.2) is 6.29 Å². The number of carbonyl (C=O) groups excluding carboxylic acids is 1. The van der Waals surface area contributed by atoms with Crippen LogP contribution in [0.5, 0.6) is 0 Å². The number of hydrogen-bond donors (Lipinski definition) is 2. The van der Waals surface area contributed by atoms with E-state index >= 15 is 0 Å². The summed E-state index contributed by atoms with van der Waals surface area (Å²) in [6, 6.07) is 6.56. The minimum Gasteiger partial charge on any atom is -0.359 e. The summed E-state index contributed by atoms with van der Waals surface area (Å²) in [5, 5.41) is 7.04. The minimum atomic E-state index is -0.377. The molecule has 1 aromatic carbocycles. The highest BCUT2D eigenvalue weighted by Gasteiger charge is 2.37. The Kier molecular flexibility index (Phi) is 11.6. The number of aldehydes is 1. The molecule has 1 saturated carbocycles. The van der Waals surface area contributed by atoms with E-state index in [2.05, 4.69) is 49.6 Å². The molecule has 2 atom stereocenters. The zero-order valence-electron chi connectivity index (χ0n) is 23.9. The van der Waals surface area contributed by atoms with Gasteiger partial charge in [-0.1, -0.05) is 78.5 Å². The van der Waals surface area contributed by atoms with Gasteiger partial charge in [0.25, 0.3) is 0 Å². The number of hydrogen-bond acceptors (Lipinski definition) is 5. The van der Waals surface area contributed by atoms with Gasteiger partial charge in [0.2, 0.25) is 0 Å². The zero-order chi connectivity index (χ0) is 27.5. The van der Waals surface area contributed by atoms with Gasteiger partial charge in [-0.3, -0.25) is 0 Å². The van der Waals surface area contributed by atoms with Crippen LogP contribution in [0.1, 0.15) is 86.6 Å². The van der Waals surface area contributed by atoms with Crippen molar-refractivity contribution in [3.8, 4) is 0 Å². The Morgan fingerprint density at radius 3 is 2.13 bits per heavy atom. The van der Waals surface area contributed by atoms with Crippen molar-refractivity contribution in [2.75, 3.05) is 13.2 Å². The lowest BCUT2D eigenvalue weighted by atomic mass is 9.95. The van der Waals surface area contributed by atoms with Crippen LogP contribution in [-0.4, -0.2) is 32.0 Å². The second kappa shape index (κ2) is 14.6. The minimum absolute atomic E-state index is 0. The number of benzene rings is 1. The first-order valence-corrected chi connectivity index (χ1v) is 14.5. The van der Waals surface area contributed by atoms with Gasteiger partial charge in [-0.2, -0.15) is 0 Å². The predicted molar refractivity (Wildman–Crippen MR) is 155 cm³/mol. The highest BCUT2D eigenvalue weighted by Crippen LogP contribution is 2.32. The van der Waals surface area contributed by atoms with Crippen LogP contribution in [0.4, 0.5) is 4.39 Å². The molecule has 0 radical (unpaired) electrons. The number of rotatable bonds is 4. The maximum Gasteiger partial charge on any atom is 0.196 e. The molecule has 212 valence electrons. The first kappa shape index (κ1) is 30.1. The van der Waals surface area contributed by atoms with Crippen LogP contribution < -0.4 is 10.6 Å². The van der Waals surface area contributed by atoms with E-state index in [-0.39, 0.29) is 25.1 Å². The summed E-state index contributed by atoms with van der Waals surface area (Å²) >= 11 is 0. The van der Waals surface area contributed by atoms with Crippen molar-refractivity contribution in [1.29, 1.82) is 0 Å². The molecule has 6 heteroatoms. The fraction of sp³-hybridized carbons (Fsp3) is 0.594. The molecule has 2 N–H and O–H groups in total. The number of carbonyl (C=O) groups is 1. The SMILES string of the molecule is CC.CC1C=CC(C2=C(c3ccc(F)cc3)NC(C3OCC(C)(C)CO3)N2)=CC1.O=CC1CCCCCC1.[HH]. The largest absolute Gasteiger partial charge is 0.359 e. The van der Waals surface area contributed by atoms with Gasteiger partial charge < -0.3 is 24.9 Å². The van der Waals surface area contributed by atoms with E-state index in [9.17, 15) is 9.18 Å². The Morgan fingerprint density at radius 2 is 1.58 bits per heavy atom. The maximum absolute atomic E-state index is 13.4. The van der Waals surface area contributed by atoms with E-state index in [1.54, 1.807) is 12.1 Å². The molecule has 1 aromatic rings. The molecule has 38 heavy (non-hydrogen) atoms. The summed E-state index contributed by atoms with van der Waals surface area (Å²) in [4.78, 5) is 10.3. The van der Waals surface area contributed by atoms with E-state index in [0.717, 1.165) is 48.1 Å². The Labute approximate surface area is 230 Å². The average molecular weight is 529 g/mol. The molecule has 2 aliphatic heterocycles. The van der Waals surface area contributed by atoms with E-state index in [4.69, 9.17) is 9.47 Å². The van der Waals surface area contributed by atoms with Crippen LogP contribution in [0.15, 0.2) is 53.8 Å². The molecule has 5 rings (SSSR count). The van der Waals surface area contributed by atoms with Gasteiger partial charge in [0.05, 0.1) is 24.6 Å². The van der Waals surface area contributed by atoms with Crippen molar-refractivity contribution in [1.82, 2.24) is 10.6 Å². The molecular weight excluding hydrogens is 479 g/mol. The summed E-state index contributed by atoms with van der Waals surface area (Å²) in [6.45, 7) is 11.8. The third-order valence-electron chi connectivity index (χ3n) is 7.23. The monoisotopic (exact) mass is 528 g/mol. The Balaban J connectivity index is 0.000000377. The Hall–Kier alpha value is -2.44. The van der Waals surface area contributed by atoms with Crippen molar-refractivity contribution in [2.45, 2.75) is 92.0 Å². The van der Waals surface area contributed by atoms with Crippen LogP contribution in [0.25, 0.3) is 5.70 Å². The lowest BCUT2D eigenvalue weighted by Gasteiger charge is -2.37. The van der Waals surface area contributed by atoms with Crippen molar-refractivity contribution in [3.05, 3.63) is 65.1 Å². The third-order valence-corrected chi connectivity index (χ3v) is 7.23. The van der Waals surface area contributed by atoms with Gasteiger partial charge in [0, 0.05) is 12.8 Å². The maximum atomic E-state index is 13.4. The number of ether oxygens (including phenoxy) is 2. The van der Waals surface area contributed by atoms with Crippen LogP contribution in [0.3, 0.4) is 0 Å². The molecular formula is C32H49FN2O3. The molecule has 2 unspecified atom stereocenters. The highest BCUT2D eigenvalue weighted by atomic mass is 19.1. The molecule has 0 spiro atoms. The lowest BCUT2D eigenvalue weighted by Crippen LogP contribution is -2.51. The second-order valence-corrected chi connectivity index (χ2v) is 11.3. The topological polar surface area (TPSA) is 59.6 Å². The lowest BCUT2D eigenvalue weighted by molar-refractivity contribution is -0.233. The van der Waals surface area contributed by atoms with Crippen molar-refractivity contribution < 1.29 is 20.1 Å². The number of halogens is 1. The highest BCUT2D eigenvalue weighted by molar-refractivity contribution is 5.74. The van der Waals surface area contributed by atoms with Gasteiger partial charge in [-0.25, -0.2) is 4.39 Å². The first-order valence-electron chi connectivity index (χ1n) is 14.5. The van der Waals surface area contributed by atoms with Crippen LogP contribution in [-0.2, 0) is 14.3 Å². The summed E-state index contributed by atoms with van der Waals surface area (Å²) in [7, 11) is 0. The van der Waals surface area contributed by atoms with E-state index in [1.165, 1.54) is 37.8 Å². The van der Waals surface area contributed by atoms with E-state index < -0.39 is 0 Å². The van der Waals surface area contributed by atoms with Crippen molar-refractivity contribution in [2.24, 2.45) is 17.3 Å². The zero-order valence-corrected chi connectivity index (χ0v) is 23.9. The average Bonchev–Trinajstić information content (AvgIpc) is 3.19. The Morgan fingerprint density at radius 1 is 0.974 bits per heavy atom. The summed E-state index contributed by atoms with van der Waals surface area (Å²) in [5.41, 5.74) is 4.05. The summed E-state index contributed by atoms with van der Waals surface area (Å²) in [5.74, 6) is 0.698. The van der Waals surface area contributed by atoms with Crippen molar-refractivity contribution >= 4 is 12.0 Å². The second-order valence-electron chi connectivity index (χ2n) is 11.3. The van der Waals surface area contributed by atoms with Crippen LogP contribution in [0.2, 0.25) is 0 Å².